The third kappa shape index (κ3) is 4.31. The summed E-state index contributed by atoms with van der Waals surface area (Å²) in [6.45, 7) is 2.06. The van der Waals surface area contributed by atoms with Gasteiger partial charge >= 0.3 is 6.01 Å². The summed E-state index contributed by atoms with van der Waals surface area (Å²) in [5.41, 5.74) is 1.25. The first-order chi connectivity index (χ1) is 9.67. The smallest absolute Gasteiger partial charge is 0.322 e. The summed E-state index contributed by atoms with van der Waals surface area (Å²) >= 11 is 5.80. The number of halogens is 1. The molecule has 0 spiro atoms. The van der Waals surface area contributed by atoms with Crippen molar-refractivity contribution in [2.45, 2.75) is 25.8 Å². The van der Waals surface area contributed by atoms with Gasteiger partial charge in [0.05, 0.1) is 7.11 Å². The lowest BCUT2D eigenvalue weighted by Crippen LogP contribution is -2.18. The Bertz CT molecular complexity index is 552. The van der Waals surface area contributed by atoms with E-state index in [1.807, 2.05) is 12.1 Å². The number of aryl methyl sites for hydroxylation is 1. The molecule has 0 aromatic carbocycles. The minimum atomic E-state index is 0.112. The van der Waals surface area contributed by atoms with Crippen molar-refractivity contribution in [3.8, 4) is 6.01 Å². The minimum Gasteiger partial charge on any atom is -0.467 e. The highest BCUT2D eigenvalue weighted by Crippen LogP contribution is 2.13. The third-order valence-electron chi connectivity index (χ3n) is 2.76. The van der Waals surface area contributed by atoms with Gasteiger partial charge in [0, 0.05) is 18.4 Å². The normalized spacial score (nSPS) is 11.9. The van der Waals surface area contributed by atoms with Crippen LogP contribution in [0.25, 0.3) is 0 Å². The zero-order valence-corrected chi connectivity index (χ0v) is 12.1. The monoisotopic (exact) mass is 293 g/mol. The van der Waals surface area contributed by atoms with E-state index < -0.39 is 0 Å². The van der Waals surface area contributed by atoms with Crippen molar-refractivity contribution in [3.63, 3.8) is 0 Å². The lowest BCUT2D eigenvalue weighted by Gasteiger charge is -2.13. The second-order valence-corrected chi connectivity index (χ2v) is 4.69. The molecule has 0 saturated heterocycles. The van der Waals surface area contributed by atoms with Gasteiger partial charge in [0.2, 0.25) is 11.2 Å². The molecular weight excluding hydrogens is 278 g/mol. The lowest BCUT2D eigenvalue weighted by molar-refractivity contribution is 0.378. The van der Waals surface area contributed by atoms with Gasteiger partial charge in [0.15, 0.2) is 0 Å². The van der Waals surface area contributed by atoms with E-state index in [0.29, 0.717) is 5.95 Å². The first-order valence-corrected chi connectivity index (χ1v) is 6.66. The zero-order chi connectivity index (χ0) is 14.4. The average Bonchev–Trinajstić information content (AvgIpc) is 2.45. The number of hydrogen-bond acceptors (Lipinski definition) is 6. The van der Waals surface area contributed by atoms with E-state index in [2.05, 4.69) is 32.2 Å². The molecule has 0 aliphatic heterocycles. The molecule has 0 bridgehead atoms. The van der Waals surface area contributed by atoms with Crippen LogP contribution < -0.4 is 10.1 Å². The molecule has 0 saturated carbocycles. The van der Waals surface area contributed by atoms with Crippen molar-refractivity contribution in [3.05, 3.63) is 35.4 Å². The maximum atomic E-state index is 5.80. The van der Waals surface area contributed by atoms with Crippen molar-refractivity contribution in [2.24, 2.45) is 0 Å². The van der Waals surface area contributed by atoms with Crippen molar-refractivity contribution in [2.75, 3.05) is 12.4 Å². The molecule has 0 aliphatic carbocycles. The van der Waals surface area contributed by atoms with Gasteiger partial charge in [0.25, 0.3) is 0 Å². The summed E-state index contributed by atoms with van der Waals surface area (Å²) in [7, 11) is 1.49. The highest BCUT2D eigenvalue weighted by Gasteiger charge is 2.08. The number of methoxy groups -OCH3 is 1. The second-order valence-electron chi connectivity index (χ2n) is 4.35. The number of nitrogens with zero attached hydrogens (tertiary/aromatic N) is 4. The lowest BCUT2D eigenvalue weighted by atomic mass is 10.1. The number of rotatable bonds is 6. The minimum absolute atomic E-state index is 0.112. The molecule has 0 radical (unpaired) electrons. The summed E-state index contributed by atoms with van der Waals surface area (Å²) in [5.74, 6) is 0.420. The largest absolute Gasteiger partial charge is 0.467 e. The van der Waals surface area contributed by atoms with Crippen LogP contribution in [0.2, 0.25) is 5.28 Å². The topological polar surface area (TPSA) is 72.8 Å². The number of anilines is 1. The fraction of sp³-hybridized carbons (Fsp3) is 0.385. The van der Waals surface area contributed by atoms with Crippen LogP contribution >= 0.6 is 11.6 Å². The van der Waals surface area contributed by atoms with Gasteiger partial charge in [0.1, 0.15) is 0 Å². The Kier molecular flexibility index (Phi) is 5.06. The number of nitrogens with one attached hydrogen (secondary N) is 1. The van der Waals surface area contributed by atoms with E-state index in [9.17, 15) is 0 Å². The molecule has 7 heteroatoms. The predicted octanol–water partition coefficient (Wildman–Crippen LogP) is 2.36. The fourth-order valence-corrected chi connectivity index (χ4v) is 1.87. The van der Waals surface area contributed by atoms with E-state index in [1.165, 1.54) is 12.7 Å². The van der Waals surface area contributed by atoms with E-state index in [1.54, 1.807) is 12.4 Å². The maximum absolute atomic E-state index is 5.80. The quantitative estimate of drug-likeness (QED) is 0.881. The van der Waals surface area contributed by atoms with Gasteiger partial charge in [-0.05, 0) is 49.1 Å². The van der Waals surface area contributed by atoms with E-state index >= 15 is 0 Å². The fourth-order valence-electron chi connectivity index (χ4n) is 1.71. The van der Waals surface area contributed by atoms with Gasteiger partial charge in [-0.1, -0.05) is 0 Å². The Hall–Kier alpha value is -1.95. The Morgan fingerprint density at radius 3 is 2.70 bits per heavy atom. The van der Waals surface area contributed by atoms with Crippen LogP contribution in [-0.4, -0.2) is 33.1 Å². The van der Waals surface area contributed by atoms with Crippen LogP contribution in [0.4, 0.5) is 5.95 Å². The number of hydrogen-bond donors (Lipinski definition) is 1. The van der Waals surface area contributed by atoms with Crippen LogP contribution in [0.15, 0.2) is 24.5 Å². The van der Waals surface area contributed by atoms with Crippen molar-refractivity contribution >= 4 is 17.5 Å². The maximum Gasteiger partial charge on any atom is 0.322 e. The molecule has 20 heavy (non-hydrogen) atoms. The molecule has 2 aromatic rings. The Morgan fingerprint density at radius 1 is 1.25 bits per heavy atom. The molecule has 1 N–H and O–H groups in total. The molecule has 0 amide bonds. The molecule has 6 nitrogen and oxygen atoms in total. The average molecular weight is 294 g/mol. The molecular formula is C13H16ClN5O. The summed E-state index contributed by atoms with van der Waals surface area (Å²) in [6, 6.07) is 4.42. The van der Waals surface area contributed by atoms with Crippen molar-refractivity contribution in [1.29, 1.82) is 0 Å². The molecule has 106 valence electrons. The number of aromatic nitrogens is 4. The molecule has 2 heterocycles. The third-order valence-corrected chi connectivity index (χ3v) is 2.93. The van der Waals surface area contributed by atoms with E-state index in [0.717, 1.165) is 12.8 Å². The van der Waals surface area contributed by atoms with Gasteiger partial charge in [-0.2, -0.15) is 15.0 Å². The number of pyridine rings is 1. The van der Waals surface area contributed by atoms with E-state index in [-0.39, 0.29) is 17.3 Å². The molecule has 0 fully saturated rings. The molecule has 1 unspecified atom stereocenters. The molecule has 2 rings (SSSR count). The Morgan fingerprint density at radius 2 is 2.00 bits per heavy atom. The zero-order valence-electron chi connectivity index (χ0n) is 11.4. The SMILES string of the molecule is COc1nc(Cl)nc(NC(C)CCc2ccncc2)n1. The van der Waals surface area contributed by atoms with Crippen LogP contribution in [0.5, 0.6) is 6.01 Å². The standard InChI is InChI=1S/C13H16ClN5O/c1-9(3-4-10-5-7-15-8-6-10)16-12-17-11(14)18-13(19-12)20-2/h5-9H,3-4H2,1-2H3,(H,16,17,18,19). The summed E-state index contributed by atoms with van der Waals surface area (Å²) in [6.07, 6.45) is 5.48. The van der Waals surface area contributed by atoms with Crippen LogP contribution in [0.3, 0.4) is 0 Å². The molecule has 2 aromatic heterocycles. The molecule has 0 aliphatic rings. The van der Waals surface area contributed by atoms with Crippen molar-refractivity contribution < 1.29 is 4.74 Å². The highest BCUT2D eigenvalue weighted by molar-refractivity contribution is 6.28. The van der Waals surface area contributed by atoms with Gasteiger partial charge in [-0.25, -0.2) is 0 Å². The van der Waals surface area contributed by atoms with Gasteiger partial charge in [-0.3, -0.25) is 4.98 Å². The summed E-state index contributed by atoms with van der Waals surface area (Å²) in [5, 5.41) is 3.30. The van der Waals surface area contributed by atoms with Crippen molar-refractivity contribution in [1.82, 2.24) is 19.9 Å². The Balaban J connectivity index is 1.91. The highest BCUT2D eigenvalue weighted by atomic mass is 35.5. The van der Waals surface area contributed by atoms with Gasteiger partial charge < -0.3 is 10.1 Å². The predicted molar refractivity (Wildman–Crippen MR) is 77.0 cm³/mol. The van der Waals surface area contributed by atoms with Gasteiger partial charge in [-0.15, -0.1) is 0 Å². The Labute approximate surface area is 122 Å². The first kappa shape index (κ1) is 14.5. The van der Waals surface area contributed by atoms with Crippen LogP contribution in [0.1, 0.15) is 18.9 Å². The first-order valence-electron chi connectivity index (χ1n) is 6.28. The summed E-state index contributed by atoms with van der Waals surface area (Å²) in [4.78, 5) is 15.9. The van der Waals surface area contributed by atoms with E-state index in [4.69, 9.17) is 16.3 Å². The number of ether oxygens (including phenoxy) is 1. The van der Waals surface area contributed by atoms with Crippen LogP contribution in [-0.2, 0) is 6.42 Å². The summed E-state index contributed by atoms with van der Waals surface area (Å²) < 4.78 is 4.95. The second kappa shape index (κ2) is 7.00. The molecule has 1 atom stereocenters. The van der Waals surface area contributed by atoms with Crippen LogP contribution in [0, 0.1) is 0 Å².